The van der Waals surface area contributed by atoms with Crippen molar-refractivity contribution in [3.8, 4) is 17.6 Å². The van der Waals surface area contributed by atoms with E-state index in [1.807, 2.05) is 26.0 Å². The van der Waals surface area contributed by atoms with Crippen molar-refractivity contribution in [1.82, 2.24) is 9.80 Å². The van der Waals surface area contributed by atoms with Crippen molar-refractivity contribution in [2.24, 2.45) is 5.41 Å². The van der Waals surface area contributed by atoms with Crippen LogP contribution in [0.15, 0.2) is 18.2 Å². The Morgan fingerprint density at radius 3 is 2.71 bits per heavy atom. The highest BCUT2D eigenvalue weighted by molar-refractivity contribution is 8.78. The summed E-state index contributed by atoms with van der Waals surface area (Å²) in [7, 11) is 4.59. The topological polar surface area (TPSA) is 82.9 Å². The van der Waals surface area contributed by atoms with Gasteiger partial charge in [-0.25, -0.2) is 0 Å². The zero-order valence-electron chi connectivity index (χ0n) is 15.7. The number of amides is 2. The first kappa shape index (κ1) is 18.0. The van der Waals surface area contributed by atoms with E-state index in [0.717, 1.165) is 5.56 Å². The van der Waals surface area contributed by atoms with Crippen LogP contribution in [0.4, 0.5) is 0 Å². The molecule has 28 heavy (non-hydrogen) atoms. The van der Waals surface area contributed by atoms with E-state index >= 15 is 0 Å². The molecule has 2 bridgehead atoms. The van der Waals surface area contributed by atoms with Gasteiger partial charge < -0.3 is 19.3 Å². The lowest BCUT2D eigenvalue weighted by molar-refractivity contribution is -0.165. The monoisotopic (exact) mass is 417 g/mol. The summed E-state index contributed by atoms with van der Waals surface area (Å²) in [4.78, 5) is 28.4. The van der Waals surface area contributed by atoms with Crippen molar-refractivity contribution in [2.45, 2.75) is 42.5 Å². The Hall–Kier alpha value is -2.05. The van der Waals surface area contributed by atoms with E-state index in [1.165, 1.54) is 21.6 Å². The van der Waals surface area contributed by atoms with Gasteiger partial charge in [0.05, 0.1) is 17.5 Å². The number of likely N-dealkylation sites (N-methyl/N-ethyl adjacent to an activating group) is 1. The molecule has 7 nitrogen and oxygen atoms in total. The van der Waals surface area contributed by atoms with E-state index in [9.17, 15) is 14.9 Å². The summed E-state index contributed by atoms with van der Waals surface area (Å²) in [5, 5.41) is 10.1. The van der Waals surface area contributed by atoms with Gasteiger partial charge in [-0.2, -0.15) is 5.26 Å². The second-order valence-electron chi connectivity index (χ2n) is 7.85. The first-order chi connectivity index (χ1) is 13.3. The number of nitriles is 1. The fourth-order valence-corrected chi connectivity index (χ4v) is 8.83. The molecule has 0 N–H and O–H groups in total. The standard InChI is InChI=1S/C19H19N3O4S2/c1-4-18-16(24)22-14(11-5-6-12-13(7-11)26-10-25-12)17(2,9-20)8-19(22,28-27-18)15(23)21(18)3/h5-7,14H,4,8,10H2,1-3H3. The Morgan fingerprint density at radius 1 is 1.25 bits per heavy atom. The Bertz CT molecular complexity index is 965. The molecule has 0 radical (unpaired) electrons. The lowest BCUT2D eigenvalue weighted by Crippen LogP contribution is -2.74. The van der Waals surface area contributed by atoms with Crippen molar-refractivity contribution in [3.05, 3.63) is 23.8 Å². The molecular weight excluding hydrogens is 398 g/mol. The van der Waals surface area contributed by atoms with Crippen LogP contribution in [0, 0.1) is 16.7 Å². The number of nitrogens with zero attached hydrogens (tertiary/aromatic N) is 3. The highest BCUT2D eigenvalue weighted by Crippen LogP contribution is 2.70. The van der Waals surface area contributed by atoms with Gasteiger partial charge in [-0.15, -0.1) is 0 Å². The number of hydrogen-bond acceptors (Lipinski definition) is 7. The van der Waals surface area contributed by atoms with Gasteiger partial charge in [0.2, 0.25) is 6.79 Å². The molecule has 4 fully saturated rings. The number of benzene rings is 1. The van der Waals surface area contributed by atoms with Gasteiger partial charge in [-0.1, -0.05) is 34.6 Å². The van der Waals surface area contributed by atoms with Gasteiger partial charge in [0.15, 0.2) is 21.2 Å². The number of carbonyl (C=O) groups excluding carboxylic acids is 2. The van der Waals surface area contributed by atoms with Crippen LogP contribution in [0.1, 0.15) is 38.3 Å². The Kier molecular flexibility index (Phi) is 3.55. The van der Waals surface area contributed by atoms with Crippen LogP contribution in [-0.2, 0) is 9.59 Å². The molecule has 146 valence electrons. The van der Waals surface area contributed by atoms with Crippen LogP contribution in [0.25, 0.3) is 0 Å². The van der Waals surface area contributed by atoms with Crippen LogP contribution < -0.4 is 9.47 Å². The highest BCUT2D eigenvalue weighted by Gasteiger charge is 2.75. The third kappa shape index (κ3) is 1.88. The SMILES string of the molecule is CCC12SSC3(CC(C)(C#N)C(c4ccc5c(c4)OCO5)N3C1=O)C(=O)N2C. The molecule has 9 heteroatoms. The summed E-state index contributed by atoms with van der Waals surface area (Å²) < 4.78 is 10.9. The molecule has 0 aliphatic carbocycles. The van der Waals surface area contributed by atoms with Crippen molar-refractivity contribution in [2.75, 3.05) is 13.8 Å². The summed E-state index contributed by atoms with van der Waals surface area (Å²) in [6.45, 7) is 3.91. The van der Waals surface area contributed by atoms with Gasteiger partial charge in [-0.05, 0) is 31.0 Å². The van der Waals surface area contributed by atoms with E-state index < -0.39 is 21.2 Å². The minimum atomic E-state index is -1.06. The largest absolute Gasteiger partial charge is 0.454 e. The molecule has 4 unspecified atom stereocenters. The molecule has 1 spiro atoms. The van der Waals surface area contributed by atoms with Crippen molar-refractivity contribution in [1.29, 1.82) is 5.26 Å². The maximum Gasteiger partial charge on any atom is 0.262 e. The van der Waals surface area contributed by atoms with Crippen LogP contribution in [0.2, 0.25) is 0 Å². The third-order valence-corrected chi connectivity index (χ3v) is 10.1. The maximum atomic E-state index is 13.7. The van der Waals surface area contributed by atoms with E-state index in [0.29, 0.717) is 24.3 Å². The molecule has 1 aromatic rings. The zero-order chi connectivity index (χ0) is 19.9. The molecule has 0 saturated carbocycles. The van der Waals surface area contributed by atoms with E-state index in [2.05, 4.69) is 6.07 Å². The van der Waals surface area contributed by atoms with Crippen LogP contribution in [0.5, 0.6) is 11.5 Å². The molecule has 4 saturated heterocycles. The quantitative estimate of drug-likeness (QED) is 0.684. The van der Waals surface area contributed by atoms with Crippen molar-refractivity contribution in [3.63, 3.8) is 0 Å². The van der Waals surface area contributed by atoms with Gasteiger partial charge >= 0.3 is 0 Å². The Morgan fingerprint density at radius 2 is 2.00 bits per heavy atom. The smallest absolute Gasteiger partial charge is 0.262 e. The zero-order valence-corrected chi connectivity index (χ0v) is 17.4. The Labute approximate surface area is 170 Å². The number of hydrogen-bond donors (Lipinski definition) is 0. The predicted octanol–water partition coefficient (Wildman–Crippen LogP) is 2.89. The minimum Gasteiger partial charge on any atom is -0.454 e. The molecule has 2 amide bonds. The number of fused-ring (bicyclic) bond motifs is 3. The van der Waals surface area contributed by atoms with Crippen LogP contribution >= 0.6 is 21.6 Å². The first-order valence-electron chi connectivity index (χ1n) is 9.13. The van der Waals surface area contributed by atoms with Crippen molar-refractivity contribution >= 4 is 33.4 Å². The summed E-state index contributed by atoms with van der Waals surface area (Å²) >= 11 is 0. The summed E-state index contributed by atoms with van der Waals surface area (Å²) in [5.41, 5.74) is -0.111. The lowest BCUT2D eigenvalue weighted by atomic mass is 9.79. The van der Waals surface area contributed by atoms with Crippen LogP contribution in [0.3, 0.4) is 0 Å². The molecule has 1 aromatic carbocycles. The summed E-state index contributed by atoms with van der Waals surface area (Å²) in [6.07, 6.45) is 0.803. The number of piperazine rings is 1. The van der Waals surface area contributed by atoms with Gasteiger partial charge in [0.1, 0.15) is 0 Å². The summed E-state index contributed by atoms with van der Waals surface area (Å²) in [5.74, 6) is 1.06. The number of ether oxygens (including phenoxy) is 2. The molecule has 6 rings (SSSR count). The minimum absolute atomic E-state index is 0.0949. The first-order valence-corrected chi connectivity index (χ1v) is 11.3. The fourth-order valence-electron chi connectivity index (χ4n) is 4.87. The van der Waals surface area contributed by atoms with Gasteiger partial charge in [0.25, 0.3) is 11.8 Å². The van der Waals surface area contributed by atoms with E-state index in [4.69, 9.17) is 9.47 Å². The number of carbonyl (C=O) groups is 2. The average Bonchev–Trinajstić information content (AvgIpc) is 3.27. The van der Waals surface area contributed by atoms with Gasteiger partial charge in [0, 0.05) is 13.5 Å². The normalized spacial score (nSPS) is 38.0. The molecule has 5 heterocycles. The highest BCUT2D eigenvalue weighted by atomic mass is 33.1. The number of rotatable bonds is 2. The Balaban J connectivity index is 1.71. The molecule has 4 atom stereocenters. The van der Waals surface area contributed by atoms with Crippen molar-refractivity contribution < 1.29 is 19.1 Å². The second kappa shape index (κ2) is 5.51. The fraction of sp³-hybridized carbons (Fsp3) is 0.526. The average molecular weight is 418 g/mol. The van der Waals surface area contributed by atoms with E-state index in [1.54, 1.807) is 22.9 Å². The summed E-state index contributed by atoms with van der Waals surface area (Å²) in [6, 6.07) is 7.39. The molecule has 5 aliphatic heterocycles. The second-order valence-corrected chi connectivity index (χ2v) is 10.5. The van der Waals surface area contributed by atoms with Crippen LogP contribution in [-0.4, -0.2) is 45.2 Å². The predicted molar refractivity (Wildman–Crippen MR) is 104 cm³/mol. The van der Waals surface area contributed by atoms with E-state index in [-0.39, 0.29) is 18.6 Å². The molecule has 5 aliphatic rings. The van der Waals surface area contributed by atoms with Gasteiger partial charge in [-0.3, -0.25) is 9.59 Å². The lowest BCUT2D eigenvalue weighted by Gasteiger charge is -2.58. The maximum absolute atomic E-state index is 13.7. The molecule has 0 aromatic heterocycles. The third-order valence-electron chi connectivity index (χ3n) is 6.36. The molecular formula is C19H19N3O4S2.